The molecule has 0 aliphatic carbocycles. The number of morpholine rings is 1. The normalized spacial score (nSPS) is 23.5. The minimum atomic E-state index is -0.178. The van der Waals surface area contributed by atoms with E-state index in [0.29, 0.717) is 6.61 Å². The van der Waals surface area contributed by atoms with E-state index in [9.17, 15) is 4.79 Å². The standard InChI is InChI=1S/C20H25N3O2/c1-21-19(24)18-11-25-20(12-22(18)2)13-23(14-20)10-16-8-5-7-15-6-3-4-9-17(15)16/h3-9,18H,10-14H2,1-2H3,(H,21,24). The lowest BCUT2D eigenvalue weighted by Crippen LogP contribution is -2.71. The molecule has 2 aromatic rings. The van der Waals surface area contributed by atoms with Crippen molar-refractivity contribution in [2.45, 2.75) is 18.2 Å². The van der Waals surface area contributed by atoms with Gasteiger partial charge in [-0.3, -0.25) is 14.6 Å². The highest BCUT2D eigenvalue weighted by molar-refractivity contribution is 5.85. The van der Waals surface area contributed by atoms with E-state index in [2.05, 4.69) is 57.6 Å². The van der Waals surface area contributed by atoms with Gasteiger partial charge in [0.05, 0.1) is 6.61 Å². The molecular weight excluding hydrogens is 314 g/mol. The number of fused-ring (bicyclic) bond motifs is 1. The number of nitrogens with one attached hydrogen (secondary N) is 1. The quantitative estimate of drug-likeness (QED) is 0.920. The van der Waals surface area contributed by atoms with Crippen LogP contribution in [0.25, 0.3) is 10.8 Å². The highest BCUT2D eigenvalue weighted by Crippen LogP contribution is 2.32. The highest BCUT2D eigenvalue weighted by Gasteiger charge is 2.49. The zero-order valence-corrected chi connectivity index (χ0v) is 14.9. The Morgan fingerprint density at radius 3 is 2.72 bits per heavy atom. The van der Waals surface area contributed by atoms with E-state index in [1.54, 1.807) is 7.05 Å². The van der Waals surface area contributed by atoms with Gasteiger partial charge in [0, 0.05) is 33.2 Å². The third kappa shape index (κ3) is 3.03. The van der Waals surface area contributed by atoms with Crippen LogP contribution in [0.3, 0.4) is 0 Å². The predicted octanol–water partition coefficient (Wildman–Crippen LogP) is 1.47. The van der Waals surface area contributed by atoms with E-state index in [1.165, 1.54) is 16.3 Å². The first-order chi connectivity index (χ1) is 12.1. The van der Waals surface area contributed by atoms with E-state index in [1.807, 2.05) is 7.05 Å². The van der Waals surface area contributed by atoms with E-state index in [-0.39, 0.29) is 17.6 Å². The molecule has 0 saturated carbocycles. The van der Waals surface area contributed by atoms with Crippen LogP contribution >= 0.6 is 0 Å². The molecule has 2 aliphatic rings. The van der Waals surface area contributed by atoms with Crippen molar-refractivity contribution in [2.24, 2.45) is 0 Å². The number of amides is 1. The SMILES string of the molecule is CNC(=O)C1COC2(CN(Cc3cccc4ccccc34)C2)CN1C. The third-order valence-electron chi connectivity index (χ3n) is 5.46. The van der Waals surface area contributed by atoms with Crippen LogP contribution in [-0.4, -0.2) is 67.7 Å². The maximum atomic E-state index is 11.9. The summed E-state index contributed by atoms with van der Waals surface area (Å²) in [6.07, 6.45) is 0. The van der Waals surface area contributed by atoms with Crippen molar-refractivity contribution in [1.82, 2.24) is 15.1 Å². The van der Waals surface area contributed by atoms with Gasteiger partial charge >= 0.3 is 0 Å². The fourth-order valence-electron chi connectivity index (χ4n) is 4.18. The zero-order chi connectivity index (χ0) is 17.4. The molecule has 4 rings (SSSR count). The fourth-order valence-corrected chi connectivity index (χ4v) is 4.18. The van der Waals surface area contributed by atoms with Gasteiger partial charge in [0.15, 0.2) is 0 Å². The van der Waals surface area contributed by atoms with Crippen LogP contribution in [0, 0.1) is 0 Å². The summed E-state index contributed by atoms with van der Waals surface area (Å²) in [5, 5.41) is 5.33. The fraction of sp³-hybridized carbons (Fsp3) is 0.450. The number of carbonyl (C=O) groups excluding carboxylic acids is 1. The van der Waals surface area contributed by atoms with Crippen LogP contribution in [0.1, 0.15) is 5.56 Å². The van der Waals surface area contributed by atoms with Gasteiger partial charge in [-0.2, -0.15) is 0 Å². The van der Waals surface area contributed by atoms with Crippen molar-refractivity contribution in [2.75, 3.05) is 40.3 Å². The van der Waals surface area contributed by atoms with Crippen LogP contribution < -0.4 is 5.32 Å². The molecule has 132 valence electrons. The Balaban J connectivity index is 1.40. The van der Waals surface area contributed by atoms with Crippen molar-refractivity contribution in [1.29, 1.82) is 0 Å². The molecule has 1 amide bonds. The maximum absolute atomic E-state index is 11.9. The van der Waals surface area contributed by atoms with Gasteiger partial charge in [-0.1, -0.05) is 42.5 Å². The largest absolute Gasteiger partial charge is 0.369 e. The molecule has 1 unspecified atom stereocenters. The van der Waals surface area contributed by atoms with Crippen molar-refractivity contribution < 1.29 is 9.53 Å². The van der Waals surface area contributed by atoms with Crippen LogP contribution in [-0.2, 0) is 16.1 Å². The van der Waals surface area contributed by atoms with E-state index >= 15 is 0 Å². The number of carbonyl (C=O) groups is 1. The van der Waals surface area contributed by atoms with Crippen LogP contribution in [0.5, 0.6) is 0 Å². The van der Waals surface area contributed by atoms with E-state index in [4.69, 9.17) is 4.74 Å². The molecule has 2 aliphatic heterocycles. The number of rotatable bonds is 3. The number of nitrogens with zero attached hydrogens (tertiary/aromatic N) is 2. The van der Waals surface area contributed by atoms with Gasteiger partial charge in [0.2, 0.25) is 5.91 Å². The molecule has 1 N–H and O–H groups in total. The van der Waals surface area contributed by atoms with E-state index in [0.717, 1.165) is 26.2 Å². The molecule has 2 saturated heterocycles. The summed E-state index contributed by atoms with van der Waals surface area (Å²) in [7, 11) is 3.69. The first-order valence-corrected chi connectivity index (χ1v) is 8.85. The average molecular weight is 339 g/mol. The molecular formula is C20H25N3O2. The molecule has 5 heteroatoms. The first-order valence-electron chi connectivity index (χ1n) is 8.85. The van der Waals surface area contributed by atoms with Gasteiger partial charge in [-0.15, -0.1) is 0 Å². The monoisotopic (exact) mass is 339 g/mol. The van der Waals surface area contributed by atoms with Gasteiger partial charge in [0.25, 0.3) is 0 Å². The van der Waals surface area contributed by atoms with Gasteiger partial charge in [-0.25, -0.2) is 0 Å². The van der Waals surface area contributed by atoms with Crippen molar-refractivity contribution in [3.63, 3.8) is 0 Å². The zero-order valence-electron chi connectivity index (χ0n) is 14.9. The minimum absolute atomic E-state index is 0.0317. The van der Waals surface area contributed by atoms with Crippen molar-refractivity contribution >= 4 is 16.7 Å². The second-order valence-electron chi connectivity index (χ2n) is 7.32. The molecule has 1 spiro atoms. The van der Waals surface area contributed by atoms with Crippen molar-refractivity contribution in [3.05, 3.63) is 48.0 Å². The Morgan fingerprint density at radius 1 is 1.20 bits per heavy atom. The lowest BCUT2D eigenvalue weighted by Gasteiger charge is -2.55. The smallest absolute Gasteiger partial charge is 0.239 e. The lowest BCUT2D eigenvalue weighted by molar-refractivity contribution is -0.198. The number of likely N-dealkylation sites (tertiary alicyclic amines) is 1. The maximum Gasteiger partial charge on any atom is 0.239 e. The lowest BCUT2D eigenvalue weighted by atomic mass is 9.89. The topological polar surface area (TPSA) is 44.8 Å². The molecule has 2 aromatic carbocycles. The second kappa shape index (κ2) is 6.41. The van der Waals surface area contributed by atoms with Gasteiger partial charge in [-0.05, 0) is 23.4 Å². The molecule has 0 radical (unpaired) electrons. The van der Waals surface area contributed by atoms with Crippen LogP contribution in [0.2, 0.25) is 0 Å². The molecule has 0 bridgehead atoms. The Labute approximate surface area is 148 Å². The van der Waals surface area contributed by atoms with Gasteiger partial charge in [0.1, 0.15) is 11.6 Å². The van der Waals surface area contributed by atoms with E-state index < -0.39 is 0 Å². The van der Waals surface area contributed by atoms with Gasteiger partial charge < -0.3 is 10.1 Å². The van der Waals surface area contributed by atoms with Crippen molar-refractivity contribution in [3.8, 4) is 0 Å². The summed E-state index contributed by atoms with van der Waals surface area (Å²) in [4.78, 5) is 16.4. The Bertz CT molecular complexity index is 780. The summed E-state index contributed by atoms with van der Waals surface area (Å²) in [6, 6.07) is 14.9. The summed E-state index contributed by atoms with van der Waals surface area (Å²) in [6.45, 7) is 4.05. The summed E-state index contributed by atoms with van der Waals surface area (Å²) < 4.78 is 6.12. The molecule has 5 nitrogen and oxygen atoms in total. The molecule has 1 atom stereocenters. The summed E-state index contributed by atoms with van der Waals surface area (Å²) >= 11 is 0. The Hall–Kier alpha value is -1.95. The number of hydrogen-bond acceptors (Lipinski definition) is 4. The minimum Gasteiger partial charge on any atom is -0.369 e. The Kier molecular flexibility index (Phi) is 4.23. The highest BCUT2D eigenvalue weighted by atomic mass is 16.5. The Morgan fingerprint density at radius 2 is 1.96 bits per heavy atom. The third-order valence-corrected chi connectivity index (χ3v) is 5.46. The summed E-state index contributed by atoms with van der Waals surface area (Å²) in [5.74, 6) is 0.0317. The second-order valence-corrected chi connectivity index (χ2v) is 7.32. The molecule has 2 heterocycles. The first kappa shape index (κ1) is 16.5. The number of benzene rings is 2. The molecule has 0 aromatic heterocycles. The molecule has 25 heavy (non-hydrogen) atoms. The molecule has 2 fully saturated rings. The predicted molar refractivity (Wildman–Crippen MR) is 98.4 cm³/mol. The number of ether oxygens (including phenoxy) is 1. The number of hydrogen-bond donors (Lipinski definition) is 1. The summed E-state index contributed by atoms with van der Waals surface area (Å²) in [5.41, 5.74) is 1.24. The van der Waals surface area contributed by atoms with Crippen LogP contribution in [0.15, 0.2) is 42.5 Å². The van der Waals surface area contributed by atoms with Crippen LogP contribution in [0.4, 0.5) is 0 Å². The average Bonchev–Trinajstić information content (AvgIpc) is 2.60. The number of likely N-dealkylation sites (N-methyl/N-ethyl adjacent to an activating group) is 2.